The highest BCUT2D eigenvalue weighted by Gasteiger charge is 2.12. The molecule has 0 radical (unpaired) electrons. The lowest BCUT2D eigenvalue weighted by Gasteiger charge is -2.11. The van der Waals surface area contributed by atoms with Crippen LogP contribution in [0.1, 0.15) is 23.7 Å². The van der Waals surface area contributed by atoms with Crippen molar-refractivity contribution in [1.29, 1.82) is 0 Å². The maximum Gasteiger partial charge on any atom is 0.259 e. The Morgan fingerprint density at radius 1 is 1.15 bits per heavy atom. The van der Waals surface area contributed by atoms with Gasteiger partial charge in [0.25, 0.3) is 5.91 Å². The van der Waals surface area contributed by atoms with Gasteiger partial charge < -0.3 is 10.1 Å². The maximum absolute atomic E-state index is 12.3. The first-order valence-corrected chi connectivity index (χ1v) is 7.28. The Balaban J connectivity index is 2.14. The molecule has 3 nitrogen and oxygen atoms in total. The van der Waals surface area contributed by atoms with E-state index >= 15 is 0 Å². The smallest absolute Gasteiger partial charge is 0.259 e. The van der Waals surface area contributed by atoms with Crippen molar-refractivity contribution in [3.63, 3.8) is 0 Å². The standard InChI is InChI=1S/C16H16BrNO2/c1-2-11-20-15-6-4-3-5-14(15)16(19)18-13-9-7-12(17)8-10-13/h3-10H,2,11H2,1H3,(H,18,19). The summed E-state index contributed by atoms with van der Waals surface area (Å²) < 4.78 is 6.57. The fourth-order valence-corrected chi connectivity index (χ4v) is 1.99. The van der Waals surface area contributed by atoms with Crippen LogP contribution in [0.5, 0.6) is 5.75 Å². The van der Waals surface area contributed by atoms with Gasteiger partial charge in [0.2, 0.25) is 0 Å². The van der Waals surface area contributed by atoms with Crippen LogP contribution >= 0.6 is 15.9 Å². The van der Waals surface area contributed by atoms with Gasteiger partial charge in [0.1, 0.15) is 5.75 Å². The van der Waals surface area contributed by atoms with Crippen molar-refractivity contribution in [2.45, 2.75) is 13.3 Å². The molecule has 0 aliphatic heterocycles. The summed E-state index contributed by atoms with van der Waals surface area (Å²) in [6.45, 7) is 2.63. The molecule has 0 aliphatic rings. The van der Waals surface area contributed by atoms with Crippen LogP contribution in [0, 0.1) is 0 Å². The van der Waals surface area contributed by atoms with Gasteiger partial charge >= 0.3 is 0 Å². The van der Waals surface area contributed by atoms with E-state index in [1.807, 2.05) is 49.4 Å². The van der Waals surface area contributed by atoms with Gasteiger partial charge in [-0.05, 0) is 42.8 Å². The molecular formula is C16H16BrNO2. The monoisotopic (exact) mass is 333 g/mol. The zero-order chi connectivity index (χ0) is 14.4. The second kappa shape index (κ2) is 7.10. The average Bonchev–Trinajstić information content (AvgIpc) is 2.47. The van der Waals surface area contributed by atoms with E-state index in [4.69, 9.17) is 4.74 Å². The van der Waals surface area contributed by atoms with E-state index in [2.05, 4.69) is 21.2 Å². The topological polar surface area (TPSA) is 38.3 Å². The summed E-state index contributed by atoms with van der Waals surface area (Å²) in [5, 5.41) is 2.86. The fourth-order valence-electron chi connectivity index (χ4n) is 1.72. The first kappa shape index (κ1) is 14.6. The maximum atomic E-state index is 12.3. The number of hydrogen-bond donors (Lipinski definition) is 1. The van der Waals surface area contributed by atoms with Crippen molar-refractivity contribution in [3.8, 4) is 5.75 Å². The second-order valence-electron chi connectivity index (χ2n) is 4.31. The molecule has 1 amide bonds. The summed E-state index contributed by atoms with van der Waals surface area (Å²) in [6, 6.07) is 14.7. The van der Waals surface area contributed by atoms with Crippen LogP contribution in [0.4, 0.5) is 5.69 Å². The third-order valence-corrected chi connectivity index (χ3v) is 3.22. The molecule has 0 saturated heterocycles. The molecular weight excluding hydrogens is 318 g/mol. The Kier molecular flexibility index (Phi) is 5.18. The van der Waals surface area contributed by atoms with Crippen LogP contribution < -0.4 is 10.1 Å². The van der Waals surface area contributed by atoms with Gasteiger partial charge in [0.15, 0.2) is 0 Å². The predicted octanol–water partition coefficient (Wildman–Crippen LogP) is 4.49. The van der Waals surface area contributed by atoms with Crippen LogP contribution in [0.15, 0.2) is 53.0 Å². The van der Waals surface area contributed by atoms with Crippen LogP contribution in [0.3, 0.4) is 0 Å². The molecule has 0 spiro atoms. The van der Waals surface area contributed by atoms with E-state index in [-0.39, 0.29) is 5.91 Å². The van der Waals surface area contributed by atoms with Gasteiger partial charge in [-0.1, -0.05) is 35.0 Å². The Morgan fingerprint density at radius 3 is 2.55 bits per heavy atom. The predicted molar refractivity (Wildman–Crippen MR) is 84.3 cm³/mol. The van der Waals surface area contributed by atoms with Crippen molar-refractivity contribution in [1.82, 2.24) is 0 Å². The third-order valence-electron chi connectivity index (χ3n) is 2.70. The summed E-state index contributed by atoms with van der Waals surface area (Å²) in [6.07, 6.45) is 0.905. The lowest BCUT2D eigenvalue weighted by atomic mass is 10.2. The van der Waals surface area contributed by atoms with Crippen LogP contribution in [0.2, 0.25) is 0 Å². The number of carbonyl (C=O) groups is 1. The lowest BCUT2D eigenvalue weighted by Crippen LogP contribution is -2.13. The minimum atomic E-state index is -0.168. The molecule has 2 rings (SSSR count). The van der Waals surface area contributed by atoms with Gasteiger partial charge in [0, 0.05) is 10.2 Å². The van der Waals surface area contributed by atoms with Crippen LogP contribution in [-0.2, 0) is 0 Å². The van der Waals surface area contributed by atoms with E-state index in [1.54, 1.807) is 6.07 Å². The molecule has 0 aliphatic carbocycles. The highest BCUT2D eigenvalue weighted by molar-refractivity contribution is 9.10. The summed E-state index contributed by atoms with van der Waals surface area (Å²) in [5.41, 5.74) is 1.30. The third kappa shape index (κ3) is 3.84. The molecule has 0 saturated carbocycles. The largest absolute Gasteiger partial charge is 0.493 e. The second-order valence-corrected chi connectivity index (χ2v) is 5.22. The van der Waals surface area contributed by atoms with Crippen LogP contribution in [-0.4, -0.2) is 12.5 Å². The molecule has 0 bridgehead atoms. The Hall–Kier alpha value is -1.81. The molecule has 2 aromatic carbocycles. The van der Waals surface area contributed by atoms with Gasteiger partial charge in [0.05, 0.1) is 12.2 Å². The minimum Gasteiger partial charge on any atom is -0.493 e. The number of ether oxygens (including phenoxy) is 1. The number of rotatable bonds is 5. The zero-order valence-corrected chi connectivity index (χ0v) is 12.8. The Morgan fingerprint density at radius 2 is 1.85 bits per heavy atom. The Labute approximate surface area is 127 Å². The molecule has 2 aromatic rings. The number of benzene rings is 2. The molecule has 0 aromatic heterocycles. The molecule has 20 heavy (non-hydrogen) atoms. The SMILES string of the molecule is CCCOc1ccccc1C(=O)Nc1ccc(Br)cc1. The number of halogens is 1. The van der Waals surface area contributed by atoms with Gasteiger partial charge in [-0.15, -0.1) is 0 Å². The average molecular weight is 334 g/mol. The van der Waals surface area contributed by atoms with Crippen molar-refractivity contribution < 1.29 is 9.53 Å². The van der Waals surface area contributed by atoms with Gasteiger partial charge in [-0.25, -0.2) is 0 Å². The first-order chi connectivity index (χ1) is 9.70. The minimum absolute atomic E-state index is 0.168. The summed E-state index contributed by atoms with van der Waals surface area (Å²) >= 11 is 3.36. The number of nitrogens with one attached hydrogen (secondary N) is 1. The molecule has 1 N–H and O–H groups in total. The highest BCUT2D eigenvalue weighted by atomic mass is 79.9. The lowest BCUT2D eigenvalue weighted by molar-refractivity contribution is 0.102. The number of hydrogen-bond acceptors (Lipinski definition) is 2. The zero-order valence-electron chi connectivity index (χ0n) is 11.2. The van der Waals surface area contributed by atoms with Gasteiger partial charge in [-0.3, -0.25) is 4.79 Å². The summed E-state index contributed by atoms with van der Waals surface area (Å²) in [4.78, 5) is 12.3. The summed E-state index contributed by atoms with van der Waals surface area (Å²) in [7, 11) is 0. The van der Waals surface area contributed by atoms with Crippen molar-refractivity contribution in [2.24, 2.45) is 0 Å². The Bertz CT molecular complexity index is 581. The van der Waals surface area contributed by atoms with E-state index in [0.29, 0.717) is 17.9 Å². The van der Waals surface area contributed by atoms with Crippen molar-refractivity contribution in [2.75, 3.05) is 11.9 Å². The molecule has 0 atom stereocenters. The van der Waals surface area contributed by atoms with Crippen molar-refractivity contribution in [3.05, 3.63) is 58.6 Å². The van der Waals surface area contributed by atoms with E-state index in [1.165, 1.54) is 0 Å². The quantitative estimate of drug-likeness (QED) is 0.875. The van der Waals surface area contributed by atoms with Crippen molar-refractivity contribution >= 4 is 27.5 Å². The number of anilines is 1. The number of para-hydroxylation sites is 1. The van der Waals surface area contributed by atoms with E-state index in [9.17, 15) is 4.79 Å². The molecule has 0 heterocycles. The van der Waals surface area contributed by atoms with E-state index < -0.39 is 0 Å². The number of amides is 1. The normalized spacial score (nSPS) is 10.1. The molecule has 104 valence electrons. The molecule has 0 unspecified atom stereocenters. The summed E-state index contributed by atoms with van der Waals surface area (Å²) in [5.74, 6) is 0.447. The highest BCUT2D eigenvalue weighted by Crippen LogP contribution is 2.20. The molecule has 0 fully saturated rings. The first-order valence-electron chi connectivity index (χ1n) is 6.49. The molecule has 4 heteroatoms. The number of carbonyl (C=O) groups excluding carboxylic acids is 1. The fraction of sp³-hybridized carbons (Fsp3) is 0.188. The van der Waals surface area contributed by atoms with E-state index in [0.717, 1.165) is 16.6 Å². The van der Waals surface area contributed by atoms with Gasteiger partial charge in [-0.2, -0.15) is 0 Å². The van der Waals surface area contributed by atoms with Crippen LogP contribution in [0.25, 0.3) is 0 Å².